The van der Waals surface area contributed by atoms with E-state index in [4.69, 9.17) is 5.73 Å². The summed E-state index contributed by atoms with van der Waals surface area (Å²) in [7, 11) is 1.64. The Kier molecular flexibility index (Phi) is 4.87. The van der Waals surface area contributed by atoms with Crippen LogP contribution in [0.1, 0.15) is 21.5 Å². The van der Waals surface area contributed by atoms with Gasteiger partial charge in [0.1, 0.15) is 17.3 Å². The van der Waals surface area contributed by atoms with E-state index in [2.05, 4.69) is 5.10 Å². The standard InChI is InChI=1S/C21H19F3N4O/c1-27-20(19(24)10-26-27)13-2-3-18-14(7-13)11-28(21(18)29)17(9-25)6-12-4-15(22)8-16(23)5-12/h2-5,7-8,10,17H,6,9,11,25H2,1H3. The topological polar surface area (TPSA) is 64.2 Å². The minimum Gasteiger partial charge on any atom is -0.330 e. The van der Waals surface area contributed by atoms with Gasteiger partial charge in [0.2, 0.25) is 0 Å². The molecule has 150 valence electrons. The molecule has 0 saturated heterocycles. The van der Waals surface area contributed by atoms with Gasteiger partial charge in [-0.1, -0.05) is 6.07 Å². The molecule has 4 rings (SSSR count). The van der Waals surface area contributed by atoms with Gasteiger partial charge in [0.15, 0.2) is 5.82 Å². The van der Waals surface area contributed by atoms with E-state index in [1.54, 1.807) is 30.1 Å². The number of carbonyl (C=O) groups is 1. The molecule has 2 heterocycles. The number of nitrogens with zero attached hydrogens (tertiary/aromatic N) is 3. The molecule has 1 unspecified atom stereocenters. The van der Waals surface area contributed by atoms with Crippen LogP contribution in [-0.2, 0) is 20.0 Å². The van der Waals surface area contributed by atoms with Crippen molar-refractivity contribution >= 4 is 5.91 Å². The highest BCUT2D eigenvalue weighted by molar-refractivity contribution is 5.99. The van der Waals surface area contributed by atoms with E-state index < -0.39 is 23.5 Å². The molecule has 1 aliphatic heterocycles. The second-order valence-corrected chi connectivity index (χ2v) is 7.14. The number of hydrogen-bond donors (Lipinski definition) is 1. The molecule has 0 fully saturated rings. The predicted octanol–water partition coefficient (Wildman–Crippen LogP) is 3.03. The van der Waals surface area contributed by atoms with Crippen molar-refractivity contribution in [2.75, 3.05) is 6.54 Å². The largest absolute Gasteiger partial charge is 0.330 e. The third-order valence-electron chi connectivity index (χ3n) is 5.21. The summed E-state index contributed by atoms with van der Waals surface area (Å²) in [5, 5.41) is 3.91. The maximum Gasteiger partial charge on any atom is 0.254 e. The summed E-state index contributed by atoms with van der Waals surface area (Å²) in [5.41, 5.74) is 8.52. The summed E-state index contributed by atoms with van der Waals surface area (Å²) in [6.45, 7) is 0.433. The van der Waals surface area contributed by atoms with Crippen molar-refractivity contribution in [1.82, 2.24) is 14.7 Å². The number of aryl methyl sites for hydroxylation is 1. The van der Waals surface area contributed by atoms with E-state index in [1.807, 2.05) is 0 Å². The smallest absolute Gasteiger partial charge is 0.254 e. The molecular formula is C21H19F3N4O. The number of nitrogens with two attached hydrogens (primary N) is 1. The van der Waals surface area contributed by atoms with E-state index >= 15 is 0 Å². The van der Waals surface area contributed by atoms with E-state index in [1.165, 1.54) is 16.8 Å². The third-order valence-corrected chi connectivity index (χ3v) is 5.21. The molecule has 2 aromatic carbocycles. The summed E-state index contributed by atoms with van der Waals surface area (Å²) in [6, 6.07) is 7.97. The Bertz CT molecular complexity index is 1060. The summed E-state index contributed by atoms with van der Waals surface area (Å²) >= 11 is 0. The van der Waals surface area contributed by atoms with Gasteiger partial charge in [-0.3, -0.25) is 9.48 Å². The number of fused-ring (bicyclic) bond motifs is 1. The normalized spacial score (nSPS) is 14.4. The van der Waals surface area contributed by atoms with Gasteiger partial charge in [-0.25, -0.2) is 13.2 Å². The van der Waals surface area contributed by atoms with Crippen LogP contribution in [0.2, 0.25) is 0 Å². The van der Waals surface area contributed by atoms with Gasteiger partial charge in [0.25, 0.3) is 5.91 Å². The van der Waals surface area contributed by atoms with Crippen LogP contribution in [0.4, 0.5) is 13.2 Å². The van der Waals surface area contributed by atoms with Crippen LogP contribution in [0.15, 0.2) is 42.6 Å². The molecule has 0 radical (unpaired) electrons. The number of carbonyl (C=O) groups excluding carboxylic acids is 1. The van der Waals surface area contributed by atoms with Crippen molar-refractivity contribution in [3.63, 3.8) is 0 Å². The van der Waals surface area contributed by atoms with Crippen molar-refractivity contribution in [2.24, 2.45) is 12.8 Å². The van der Waals surface area contributed by atoms with Crippen LogP contribution in [0.3, 0.4) is 0 Å². The van der Waals surface area contributed by atoms with Gasteiger partial charge in [0, 0.05) is 43.4 Å². The maximum absolute atomic E-state index is 14.1. The van der Waals surface area contributed by atoms with Crippen LogP contribution >= 0.6 is 0 Å². The molecule has 1 aliphatic rings. The molecule has 29 heavy (non-hydrogen) atoms. The molecule has 5 nitrogen and oxygen atoms in total. The van der Waals surface area contributed by atoms with E-state index in [-0.39, 0.29) is 18.9 Å². The van der Waals surface area contributed by atoms with Gasteiger partial charge in [-0.05, 0) is 41.8 Å². The summed E-state index contributed by atoms with van der Waals surface area (Å²) in [4.78, 5) is 14.5. The molecule has 0 aliphatic carbocycles. The number of rotatable bonds is 5. The van der Waals surface area contributed by atoms with Crippen molar-refractivity contribution in [3.8, 4) is 11.3 Å². The first-order valence-corrected chi connectivity index (χ1v) is 9.14. The van der Waals surface area contributed by atoms with Crippen LogP contribution in [0.5, 0.6) is 0 Å². The van der Waals surface area contributed by atoms with Gasteiger partial charge in [-0.15, -0.1) is 0 Å². The number of aromatic nitrogens is 2. The molecule has 0 spiro atoms. The SMILES string of the molecule is Cn1ncc(F)c1-c1ccc2c(c1)CN(C(CN)Cc1cc(F)cc(F)c1)C2=O. The average Bonchev–Trinajstić information content (AvgIpc) is 3.17. The van der Waals surface area contributed by atoms with E-state index in [9.17, 15) is 18.0 Å². The van der Waals surface area contributed by atoms with Crippen molar-refractivity contribution in [2.45, 2.75) is 19.0 Å². The fourth-order valence-electron chi connectivity index (χ4n) is 3.84. The van der Waals surface area contributed by atoms with Gasteiger partial charge in [-0.2, -0.15) is 5.10 Å². The Balaban J connectivity index is 1.61. The first-order chi connectivity index (χ1) is 13.9. The van der Waals surface area contributed by atoms with Crippen molar-refractivity contribution in [1.29, 1.82) is 0 Å². The summed E-state index contributed by atoms with van der Waals surface area (Å²) in [6.07, 6.45) is 1.37. The first-order valence-electron chi connectivity index (χ1n) is 9.14. The highest BCUT2D eigenvalue weighted by atomic mass is 19.1. The number of amides is 1. The maximum atomic E-state index is 14.1. The molecular weight excluding hydrogens is 381 g/mol. The monoisotopic (exact) mass is 400 g/mol. The lowest BCUT2D eigenvalue weighted by Gasteiger charge is -2.26. The lowest BCUT2D eigenvalue weighted by molar-refractivity contribution is 0.0708. The molecule has 1 amide bonds. The van der Waals surface area contributed by atoms with Gasteiger partial charge >= 0.3 is 0 Å². The van der Waals surface area contributed by atoms with Crippen LogP contribution in [-0.4, -0.2) is 33.2 Å². The first kappa shape index (κ1) is 19.2. The zero-order valence-corrected chi connectivity index (χ0v) is 15.7. The Morgan fingerprint density at radius 3 is 2.48 bits per heavy atom. The second kappa shape index (κ2) is 7.36. The fourth-order valence-corrected chi connectivity index (χ4v) is 3.84. The van der Waals surface area contributed by atoms with Crippen LogP contribution in [0.25, 0.3) is 11.3 Å². The summed E-state index contributed by atoms with van der Waals surface area (Å²) < 4.78 is 42.5. The molecule has 0 bridgehead atoms. The molecule has 1 aromatic heterocycles. The molecule has 1 atom stereocenters. The number of hydrogen-bond acceptors (Lipinski definition) is 3. The Labute approximate surface area is 165 Å². The quantitative estimate of drug-likeness (QED) is 0.716. The lowest BCUT2D eigenvalue weighted by Crippen LogP contribution is -2.42. The molecule has 3 aromatic rings. The van der Waals surface area contributed by atoms with Crippen molar-refractivity contribution < 1.29 is 18.0 Å². The molecule has 8 heteroatoms. The number of halogens is 3. The van der Waals surface area contributed by atoms with E-state index in [0.717, 1.165) is 17.8 Å². The summed E-state index contributed by atoms with van der Waals surface area (Å²) in [5.74, 6) is -1.99. The molecule has 2 N–H and O–H groups in total. The lowest BCUT2D eigenvalue weighted by atomic mass is 10.0. The number of benzene rings is 2. The zero-order chi connectivity index (χ0) is 20.7. The Hall–Kier alpha value is -3.13. The predicted molar refractivity (Wildman–Crippen MR) is 101 cm³/mol. The minimum absolute atomic E-state index is 0.140. The van der Waals surface area contributed by atoms with Gasteiger partial charge in [0.05, 0.1) is 6.20 Å². The second-order valence-electron chi connectivity index (χ2n) is 7.14. The highest BCUT2D eigenvalue weighted by Crippen LogP contribution is 2.31. The fraction of sp³-hybridized carbons (Fsp3) is 0.238. The van der Waals surface area contributed by atoms with Crippen LogP contribution in [0, 0.1) is 17.5 Å². The highest BCUT2D eigenvalue weighted by Gasteiger charge is 2.32. The van der Waals surface area contributed by atoms with Gasteiger partial charge < -0.3 is 10.6 Å². The minimum atomic E-state index is -0.672. The van der Waals surface area contributed by atoms with E-state index in [0.29, 0.717) is 28.9 Å². The third kappa shape index (κ3) is 3.51. The van der Waals surface area contributed by atoms with Crippen molar-refractivity contribution in [3.05, 3.63) is 76.7 Å². The molecule has 0 saturated carbocycles. The Morgan fingerprint density at radius 1 is 1.14 bits per heavy atom. The zero-order valence-electron chi connectivity index (χ0n) is 15.7. The Morgan fingerprint density at radius 2 is 1.86 bits per heavy atom. The van der Waals surface area contributed by atoms with Crippen LogP contribution < -0.4 is 5.73 Å². The average molecular weight is 400 g/mol.